The molecule has 2 aromatic heterocycles. The summed E-state index contributed by atoms with van der Waals surface area (Å²) < 4.78 is 20.6. The number of benzene rings is 1. The fourth-order valence-electron chi connectivity index (χ4n) is 4.21. The van der Waals surface area contributed by atoms with E-state index in [0.29, 0.717) is 43.5 Å². The minimum Gasteiger partial charge on any atom is -0.379 e. The quantitative estimate of drug-likeness (QED) is 0.505. The molecule has 1 fully saturated rings. The molecule has 1 aliphatic rings. The molecule has 1 aromatic carbocycles. The van der Waals surface area contributed by atoms with Gasteiger partial charge in [0.05, 0.1) is 19.3 Å². The first-order chi connectivity index (χ1) is 16.0. The van der Waals surface area contributed by atoms with Crippen molar-refractivity contribution in [3.8, 4) is 0 Å². The molecule has 3 heterocycles. The molecular formula is C23H29FN6O2S. The fourth-order valence-corrected chi connectivity index (χ4v) is 4.54. The maximum atomic E-state index is 13.4. The molecule has 33 heavy (non-hydrogen) atoms. The molecule has 3 aromatic rings. The van der Waals surface area contributed by atoms with Crippen LogP contribution in [0.5, 0.6) is 0 Å². The predicted octanol–water partition coefficient (Wildman–Crippen LogP) is 2.72. The van der Waals surface area contributed by atoms with Crippen molar-refractivity contribution in [2.24, 2.45) is 0 Å². The lowest BCUT2D eigenvalue weighted by Crippen LogP contribution is -2.43. The van der Waals surface area contributed by atoms with Crippen molar-refractivity contribution in [2.45, 2.75) is 37.9 Å². The van der Waals surface area contributed by atoms with Gasteiger partial charge in [-0.3, -0.25) is 9.69 Å². The Balaban J connectivity index is 1.41. The van der Waals surface area contributed by atoms with Crippen molar-refractivity contribution in [1.29, 1.82) is 0 Å². The van der Waals surface area contributed by atoms with Gasteiger partial charge in [-0.05, 0) is 49.8 Å². The Hall–Kier alpha value is -2.56. The summed E-state index contributed by atoms with van der Waals surface area (Å²) in [5.74, 6) is 0.282. The number of rotatable bonds is 8. The Kier molecular flexibility index (Phi) is 7.56. The first-order valence-corrected chi connectivity index (χ1v) is 12.3. The van der Waals surface area contributed by atoms with Gasteiger partial charge in [-0.15, -0.1) is 5.10 Å². The van der Waals surface area contributed by atoms with Crippen LogP contribution in [0.3, 0.4) is 0 Å². The number of carbonyl (C=O) groups is 1. The van der Waals surface area contributed by atoms with Crippen LogP contribution in [0, 0.1) is 19.7 Å². The third kappa shape index (κ3) is 5.51. The minimum atomic E-state index is -0.267. The van der Waals surface area contributed by atoms with E-state index in [4.69, 9.17) is 4.74 Å². The van der Waals surface area contributed by atoms with Gasteiger partial charge in [-0.2, -0.15) is 4.98 Å². The number of nitrogens with one attached hydrogen (secondary N) is 1. The standard InChI is InChI=1S/C23H29FN6O2S/c1-15-19(16(2)30-22(26-15)27-23(28-30)33-3)8-9-21(31)25-14-20(29-10-12-32-13-11-29)17-4-6-18(24)7-5-17/h4-7,20H,8-14H2,1-3H3,(H,25,31)/t20-/m1/s1. The summed E-state index contributed by atoms with van der Waals surface area (Å²) in [5.41, 5.74) is 3.81. The molecule has 0 bridgehead atoms. The lowest BCUT2D eigenvalue weighted by atomic mass is 10.0. The molecular weight excluding hydrogens is 443 g/mol. The molecule has 4 rings (SSSR count). The summed E-state index contributed by atoms with van der Waals surface area (Å²) in [5, 5.41) is 8.23. The van der Waals surface area contributed by atoms with Gasteiger partial charge in [0, 0.05) is 37.4 Å². The molecule has 1 amide bonds. The number of morpholine rings is 1. The second-order valence-electron chi connectivity index (χ2n) is 8.09. The molecule has 0 spiro atoms. The maximum Gasteiger partial charge on any atom is 0.253 e. The Morgan fingerprint density at radius 3 is 2.64 bits per heavy atom. The van der Waals surface area contributed by atoms with E-state index < -0.39 is 0 Å². The van der Waals surface area contributed by atoms with Gasteiger partial charge in [0.15, 0.2) is 0 Å². The van der Waals surface area contributed by atoms with E-state index in [9.17, 15) is 9.18 Å². The molecule has 0 radical (unpaired) electrons. The summed E-state index contributed by atoms with van der Waals surface area (Å²) in [6.45, 7) is 7.24. The number of nitrogens with zero attached hydrogens (tertiary/aromatic N) is 5. The zero-order chi connectivity index (χ0) is 23.4. The highest BCUT2D eigenvalue weighted by Gasteiger charge is 2.23. The van der Waals surface area contributed by atoms with E-state index >= 15 is 0 Å². The molecule has 1 atom stereocenters. The number of hydrogen-bond donors (Lipinski definition) is 1. The minimum absolute atomic E-state index is 0.0277. The van der Waals surface area contributed by atoms with Crippen LogP contribution in [-0.4, -0.2) is 69.5 Å². The topological polar surface area (TPSA) is 84.7 Å². The van der Waals surface area contributed by atoms with Crippen LogP contribution in [-0.2, 0) is 16.0 Å². The summed E-state index contributed by atoms with van der Waals surface area (Å²) in [4.78, 5) is 24.0. The van der Waals surface area contributed by atoms with Gasteiger partial charge in [-0.25, -0.2) is 13.9 Å². The van der Waals surface area contributed by atoms with Gasteiger partial charge in [0.1, 0.15) is 5.82 Å². The highest BCUT2D eigenvalue weighted by Crippen LogP contribution is 2.22. The number of halogens is 1. The van der Waals surface area contributed by atoms with Crippen LogP contribution < -0.4 is 5.32 Å². The number of aryl methyl sites for hydroxylation is 2. The Morgan fingerprint density at radius 1 is 1.21 bits per heavy atom. The summed E-state index contributed by atoms with van der Waals surface area (Å²) >= 11 is 1.47. The second-order valence-corrected chi connectivity index (χ2v) is 8.86. The first kappa shape index (κ1) is 23.6. The number of hydrogen-bond acceptors (Lipinski definition) is 7. The molecule has 0 saturated carbocycles. The SMILES string of the molecule is CSc1nc2nc(C)c(CCC(=O)NC[C@H](c3ccc(F)cc3)N3CCOCC3)c(C)n2n1. The van der Waals surface area contributed by atoms with Crippen LogP contribution in [0.1, 0.15) is 35.0 Å². The molecule has 1 aliphatic heterocycles. The van der Waals surface area contributed by atoms with E-state index in [1.165, 1.54) is 23.9 Å². The number of thioether (sulfide) groups is 1. The molecule has 1 N–H and O–H groups in total. The molecule has 8 nitrogen and oxygen atoms in total. The van der Waals surface area contributed by atoms with Crippen LogP contribution in [0.25, 0.3) is 5.78 Å². The third-order valence-corrected chi connectivity index (χ3v) is 6.59. The number of aromatic nitrogens is 4. The molecule has 10 heteroatoms. The van der Waals surface area contributed by atoms with E-state index in [1.807, 2.05) is 20.1 Å². The van der Waals surface area contributed by atoms with Crippen LogP contribution in [0.15, 0.2) is 29.4 Å². The number of ether oxygens (including phenoxy) is 1. The first-order valence-electron chi connectivity index (χ1n) is 11.1. The number of amides is 1. The fraction of sp³-hybridized carbons (Fsp3) is 0.478. The highest BCUT2D eigenvalue weighted by molar-refractivity contribution is 7.98. The lowest BCUT2D eigenvalue weighted by molar-refractivity contribution is -0.121. The van der Waals surface area contributed by atoms with Gasteiger partial charge in [-0.1, -0.05) is 23.9 Å². The molecule has 1 saturated heterocycles. The van der Waals surface area contributed by atoms with E-state index in [2.05, 4.69) is 25.3 Å². The predicted molar refractivity (Wildman–Crippen MR) is 125 cm³/mol. The maximum absolute atomic E-state index is 13.4. The zero-order valence-corrected chi connectivity index (χ0v) is 20.0. The Morgan fingerprint density at radius 2 is 1.94 bits per heavy atom. The summed E-state index contributed by atoms with van der Waals surface area (Å²) in [6.07, 6.45) is 2.84. The Bertz CT molecular complexity index is 1110. The molecule has 0 aliphatic carbocycles. The Labute approximate surface area is 196 Å². The zero-order valence-electron chi connectivity index (χ0n) is 19.2. The van der Waals surface area contributed by atoms with Crippen LogP contribution in [0.4, 0.5) is 4.39 Å². The number of fused-ring (bicyclic) bond motifs is 1. The van der Waals surface area contributed by atoms with Gasteiger partial charge < -0.3 is 10.1 Å². The van der Waals surface area contributed by atoms with Crippen molar-refractivity contribution in [1.82, 2.24) is 29.8 Å². The second kappa shape index (κ2) is 10.6. The summed E-state index contributed by atoms with van der Waals surface area (Å²) in [6, 6.07) is 6.48. The average molecular weight is 473 g/mol. The van der Waals surface area contributed by atoms with E-state index in [1.54, 1.807) is 16.6 Å². The van der Waals surface area contributed by atoms with Crippen molar-refractivity contribution < 1.29 is 13.9 Å². The lowest BCUT2D eigenvalue weighted by Gasteiger charge is -2.35. The highest BCUT2D eigenvalue weighted by atomic mass is 32.2. The van der Waals surface area contributed by atoms with Gasteiger partial charge in [0.2, 0.25) is 11.1 Å². The van der Waals surface area contributed by atoms with Crippen LogP contribution >= 0.6 is 11.8 Å². The largest absolute Gasteiger partial charge is 0.379 e. The summed E-state index contributed by atoms with van der Waals surface area (Å²) in [7, 11) is 0. The van der Waals surface area contributed by atoms with Crippen molar-refractivity contribution in [3.05, 3.63) is 52.6 Å². The molecule has 0 unspecified atom stereocenters. The van der Waals surface area contributed by atoms with Crippen molar-refractivity contribution >= 4 is 23.4 Å². The molecule has 176 valence electrons. The van der Waals surface area contributed by atoms with Crippen molar-refractivity contribution in [3.63, 3.8) is 0 Å². The number of carbonyl (C=O) groups excluding carboxylic acids is 1. The van der Waals surface area contributed by atoms with Crippen molar-refractivity contribution in [2.75, 3.05) is 39.1 Å². The van der Waals surface area contributed by atoms with Gasteiger partial charge >= 0.3 is 0 Å². The average Bonchev–Trinajstić information content (AvgIpc) is 3.24. The van der Waals surface area contributed by atoms with Crippen LogP contribution in [0.2, 0.25) is 0 Å². The normalized spacial score (nSPS) is 15.6. The smallest absolute Gasteiger partial charge is 0.253 e. The van der Waals surface area contributed by atoms with Gasteiger partial charge in [0.25, 0.3) is 5.78 Å². The monoisotopic (exact) mass is 472 g/mol. The van der Waals surface area contributed by atoms with E-state index in [0.717, 1.165) is 35.6 Å². The van der Waals surface area contributed by atoms with E-state index in [-0.39, 0.29) is 17.8 Å². The third-order valence-electron chi connectivity index (χ3n) is 6.05.